The van der Waals surface area contributed by atoms with Gasteiger partial charge in [-0.2, -0.15) is 0 Å². The summed E-state index contributed by atoms with van der Waals surface area (Å²) in [5.74, 6) is 1.03. The molecule has 1 aromatic carbocycles. The number of rotatable bonds is 5. The lowest BCUT2D eigenvalue weighted by molar-refractivity contribution is 0.424. The Morgan fingerprint density at radius 2 is 1.85 bits per heavy atom. The fraction of sp³-hybridized carbons (Fsp3) is 0.375. The molecule has 0 saturated heterocycles. The van der Waals surface area contributed by atoms with Crippen LogP contribution in [0.3, 0.4) is 0 Å². The molecule has 0 saturated carbocycles. The Kier molecular flexibility index (Phi) is 5.73. The third kappa shape index (κ3) is 5.24. The number of benzene rings is 1. The number of hydrogen-bond acceptors (Lipinski definition) is 3. The molecule has 2 rings (SSSR count). The molecule has 0 aliphatic carbocycles. The molecule has 0 aliphatic heterocycles. The minimum absolute atomic E-state index is 0.166. The Morgan fingerprint density at radius 1 is 1.15 bits per heavy atom. The summed E-state index contributed by atoms with van der Waals surface area (Å²) in [7, 11) is 0. The topological polar surface area (TPSA) is 12.0 Å². The molecule has 0 unspecified atom stereocenters. The first-order valence-electron chi connectivity index (χ1n) is 6.63. The molecule has 0 spiro atoms. The highest BCUT2D eigenvalue weighted by molar-refractivity contribution is 9.10. The highest BCUT2D eigenvalue weighted by atomic mass is 79.9. The second kappa shape index (κ2) is 7.12. The van der Waals surface area contributed by atoms with Crippen LogP contribution < -0.4 is 5.32 Å². The number of nitrogens with one attached hydrogen (secondary N) is 1. The molecular weight excluding hydrogens is 350 g/mol. The summed E-state index contributed by atoms with van der Waals surface area (Å²) in [6.45, 7) is 7.49. The van der Waals surface area contributed by atoms with E-state index in [1.165, 1.54) is 19.8 Å². The quantitative estimate of drug-likeness (QED) is 0.679. The zero-order chi connectivity index (χ0) is 14.6. The van der Waals surface area contributed by atoms with Gasteiger partial charge >= 0.3 is 0 Å². The Balaban J connectivity index is 1.87. The van der Waals surface area contributed by atoms with Crippen molar-refractivity contribution in [2.45, 2.75) is 43.5 Å². The van der Waals surface area contributed by atoms with Crippen molar-refractivity contribution in [3.05, 3.63) is 50.6 Å². The van der Waals surface area contributed by atoms with E-state index in [0.29, 0.717) is 0 Å². The van der Waals surface area contributed by atoms with E-state index in [0.717, 1.165) is 12.3 Å². The van der Waals surface area contributed by atoms with E-state index < -0.39 is 0 Å². The van der Waals surface area contributed by atoms with Crippen LogP contribution >= 0.6 is 39.0 Å². The van der Waals surface area contributed by atoms with Crippen molar-refractivity contribution in [1.82, 2.24) is 5.32 Å². The Morgan fingerprint density at radius 3 is 2.40 bits per heavy atom. The van der Waals surface area contributed by atoms with Gasteiger partial charge in [0.1, 0.15) is 0 Å². The van der Waals surface area contributed by atoms with Crippen molar-refractivity contribution < 1.29 is 0 Å². The normalized spacial score (nSPS) is 11.8. The van der Waals surface area contributed by atoms with Crippen LogP contribution in [-0.4, -0.2) is 5.54 Å². The van der Waals surface area contributed by atoms with Gasteiger partial charge in [0, 0.05) is 32.1 Å². The number of thioether (sulfide) groups is 1. The standard InChI is InChI=1S/C16H20BrNS2/c1-16(2,3)18-10-12-4-6-13(7-5-12)20-11-15-14(17)8-9-19-15/h4-9,18H,10-11H2,1-3H3. The summed E-state index contributed by atoms with van der Waals surface area (Å²) < 4.78 is 1.22. The molecule has 108 valence electrons. The van der Waals surface area contributed by atoms with Gasteiger partial charge in [0.2, 0.25) is 0 Å². The molecule has 1 nitrogen and oxygen atoms in total. The van der Waals surface area contributed by atoms with Gasteiger partial charge in [-0.3, -0.25) is 0 Å². The third-order valence-electron chi connectivity index (χ3n) is 2.81. The Bertz CT molecular complexity index is 540. The van der Waals surface area contributed by atoms with Crippen LogP contribution in [0.1, 0.15) is 31.2 Å². The number of halogens is 1. The van der Waals surface area contributed by atoms with Crippen molar-refractivity contribution in [1.29, 1.82) is 0 Å². The number of thiophene rings is 1. The summed E-state index contributed by atoms with van der Waals surface area (Å²) in [6.07, 6.45) is 0. The van der Waals surface area contributed by atoms with Crippen LogP contribution in [0.2, 0.25) is 0 Å². The molecule has 0 aliphatic rings. The van der Waals surface area contributed by atoms with Crippen LogP contribution in [0.5, 0.6) is 0 Å². The molecule has 1 heterocycles. The van der Waals surface area contributed by atoms with Crippen molar-refractivity contribution in [3.63, 3.8) is 0 Å². The van der Waals surface area contributed by atoms with Crippen LogP contribution in [0.4, 0.5) is 0 Å². The first-order valence-corrected chi connectivity index (χ1v) is 9.28. The van der Waals surface area contributed by atoms with Gasteiger partial charge in [0.05, 0.1) is 0 Å². The summed E-state index contributed by atoms with van der Waals surface area (Å²) in [6, 6.07) is 11.0. The molecule has 1 aromatic heterocycles. The van der Waals surface area contributed by atoms with Gasteiger partial charge in [0.25, 0.3) is 0 Å². The fourth-order valence-corrected chi connectivity index (χ4v) is 4.34. The molecule has 0 fully saturated rings. The molecule has 0 radical (unpaired) electrons. The predicted molar refractivity (Wildman–Crippen MR) is 94.6 cm³/mol. The molecule has 2 aromatic rings. The molecule has 4 heteroatoms. The summed E-state index contributed by atoms with van der Waals surface area (Å²) >= 11 is 7.27. The average molecular weight is 370 g/mol. The van der Waals surface area contributed by atoms with Gasteiger partial charge in [-0.05, 0) is 65.8 Å². The van der Waals surface area contributed by atoms with Gasteiger partial charge in [-0.15, -0.1) is 23.1 Å². The third-order valence-corrected chi connectivity index (χ3v) is 5.95. The molecule has 0 atom stereocenters. The van der Waals surface area contributed by atoms with Crippen molar-refractivity contribution in [2.24, 2.45) is 0 Å². The van der Waals surface area contributed by atoms with E-state index in [9.17, 15) is 0 Å². The summed E-state index contributed by atoms with van der Waals surface area (Å²) in [5, 5.41) is 5.63. The van der Waals surface area contributed by atoms with Crippen molar-refractivity contribution in [2.75, 3.05) is 0 Å². The second-order valence-corrected chi connectivity index (χ2v) is 8.63. The lowest BCUT2D eigenvalue weighted by Crippen LogP contribution is -2.35. The zero-order valence-corrected chi connectivity index (χ0v) is 15.3. The van der Waals surface area contributed by atoms with E-state index in [2.05, 4.69) is 77.7 Å². The second-order valence-electron chi connectivity index (χ2n) is 5.73. The predicted octanol–water partition coefficient (Wildman–Crippen LogP) is 5.69. The van der Waals surface area contributed by atoms with Crippen molar-refractivity contribution in [3.8, 4) is 0 Å². The monoisotopic (exact) mass is 369 g/mol. The Labute approximate surface area is 138 Å². The van der Waals surface area contributed by atoms with E-state index in [4.69, 9.17) is 0 Å². The average Bonchev–Trinajstić information content (AvgIpc) is 2.80. The maximum Gasteiger partial charge on any atom is 0.0337 e. The summed E-state index contributed by atoms with van der Waals surface area (Å²) in [4.78, 5) is 2.72. The first kappa shape index (κ1) is 16.1. The smallest absolute Gasteiger partial charge is 0.0337 e. The largest absolute Gasteiger partial charge is 0.308 e. The van der Waals surface area contributed by atoms with Crippen LogP contribution in [0.25, 0.3) is 0 Å². The minimum atomic E-state index is 0.166. The molecule has 1 N–H and O–H groups in total. The van der Waals surface area contributed by atoms with Crippen LogP contribution in [0, 0.1) is 0 Å². The van der Waals surface area contributed by atoms with Gasteiger partial charge in [-0.25, -0.2) is 0 Å². The molecule has 0 amide bonds. The van der Waals surface area contributed by atoms with E-state index in [1.807, 2.05) is 11.8 Å². The van der Waals surface area contributed by atoms with E-state index in [-0.39, 0.29) is 5.54 Å². The van der Waals surface area contributed by atoms with E-state index >= 15 is 0 Å². The maximum absolute atomic E-state index is 3.58. The van der Waals surface area contributed by atoms with Crippen molar-refractivity contribution >= 4 is 39.0 Å². The highest BCUT2D eigenvalue weighted by Crippen LogP contribution is 2.30. The minimum Gasteiger partial charge on any atom is -0.308 e. The van der Waals surface area contributed by atoms with Gasteiger partial charge in [-0.1, -0.05) is 12.1 Å². The molecule has 0 bridgehead atoms. The lowest BCUT2D eigenvalue weighted by atomic mass is 10.1. The van der Waals surface area contributed by atoms with Crippen LogP contribution in [-0.2, 0) is 12.3 Å². The lowest BCUT2D eigenvalue weighted by Gasteiger charge is -2.20. The van der Waals surface area contributed by atoms with E-state index in [1.54, 1.807) is 11.3 Å². The molecule has 20 heavy (non-hydrogen) atoms. The maximum atomic E-state index is 3.58. The first-order chi connectivity index (χ1) is 9.44. The van der Waals surface area contributed by atoms with Gasteiger partial charge in [0.15, 0.2) is 0 Å². The molecular formula is C16H20BrNS2. The van der Waals surface area contributed by atoms with Gasteiger partial charge < -0.3 is 5.32 Å². The highest BCUT2D eigenvalue weighted by Gasteiger charge is 2.08. The zero-order valence-electron chi connectivity index (χ0n) is 12.1. The Hall–Kier alpha value is -0.290. The fourth-order valence-electron chi connectivity index (χ4n) is 1.65. The summed E-state index contributed by atoms with van der Waals surface area (Å²) in [5.41, 5.74) is 1.50. The number of hydrogen-bond donors (Lipinski definition) is 1. The SMILES string of the molecule is CC(C)(C)NCc1ccc(SCc2sccc2Br)cc1. The van der Waals surface area contributed by atoms with Crippen LogP contribution in [0.15, 0.2) is 45.1 Å².